The quantitative estimate of drug-likeness (QED) is 0.550. The molecular weight excluding hydrogens is 312 g/mol. The lowest BCUT2D eigenvalue weighted by atomic mass is 9.96. The second-order valence-electron chi connectivity index (χ2n) is 5.76. The predicted molar refractivity (Wildman–Crippen MR) is 101 cm³/mol. The van der Waals surface area contributed by atoms with Crippen molar-refractivity contribution in [2.24, 2.45) is 0 Å². The highest BCUT2D eigenvalue weighted by Crippen LogP contribution is 2.26. The molecule has 0 saturated heterocycles. The Bertz CT molecular complexity index is 916. The summed E-state index contributed by atoms with van der Waals surface area (Å²) in [4.78, 5) is 24.5. The lowest BCUT2D eigenvalue weighted by molar-refractivity contribution is 0.101. The first-order valence-corrected chi connectivity index (χ1v) is 7.92. The summed E-state index contributed by atoms with van der Waals surface area (Å²) in [5, 5.41) is 2.86. The maximum atomic E-state index is 12.8. The van der Waals surface area contributed by atoms with E-state index in [0.717, 1.165) is 11.1 Å². The zero-order valence-electron chi connectivity index (χ0n) is 13.8. The van der Waals surface area contributed by atoms with E-state index < -0.39 is 0 Å². The van der Waals surface area contributed by atoms with Crippen molar-refractivity contribution < 1.29 is 9.59 Å². The minimum atomic E-state index is -0.272. The fourth-order valence-corrected chi connectivity index (χ4v) is 2.59. The molecule has 0 radical (unpaired) electrons. The second kappa shape index (κ2) is 7.01. The normalized spacial score (nSPS) is 10.3. The van der Waals surface area contributed by atoms with Crippen LogP contribution in [0.4, 0.5) is 11.4 Å². The van der Waals surface area contributed by atoms with Gasteiger partial charge < -0.3 is 11.1 Å². The molecule has 0 aliphatic carbocycles. The van der Waals surface area contributed by atoms with Crippen molar-refractivity contribution in [1.29, 1.82) is 0 Å². The van der Waals surface area contributed by atoms with Gasteiger partial charge in [0, 0.05) is 22.5 Å². The van der Waals surface area contributed by atoms with E-state index in [0.29, 0.717) is 22.5 Å². The molecule has 25 heavy (non-hydrogen) atoms. The highest BCUT2D eigenvalue weighted by atomic mass is 16.1. The van der Waals surface area contributed by atoms with E-state index in [2.05, 4.69) is 5.32 Å². The average Bonchev–Trinajstić information content (AvgIpc) is 2.63. The molecule has 0 spiro atoms. The first-order chi connectivity index (χ1) is 12.0. The van der Waals surface area contributed by atoms with E-state index in [1.165, 1.54) is 6.92 Å². The Labute approximate surface area is 146 Å². The van der Waals surface area contributed by atoms with Gasteiger partial charge in [-0.05, 0) is 48.4 Å². The van der Waals surface area contributed by atoms with Crippen molar-refractivity contribution in [2.75, 3.05) is 11.1 Å². The summed E-state index contributed by atoms with van der Waals surface area (Å²) in [5.41, 5.74) is 9.59. The molecule has 0 aromatic heterocycles. The van der Waals surface area contributed by atoms with Crippen LogP contribution in [0.15, 0.2) is 72.8 Å². The summed E-state index contributed by atoms with van der Waals surface area (Å²) < 4.78 is 0. The maximum absolute atomic E-state index is 12.8. The lowest BCUT2D eigenvalue weighted by Crippen LogP contribution is -2.14. The molecule has 0 saturated carbocycles. The van der Waals surface area contributed by atoms with Gasteiger partial charge >= 0.3 is 0 Å². The van der Waals surface area contributed by atoms with Crippen molar-refractivity contribution in [3.05, 3.63) is 83.9 Å². The van der Waals surface area contributed by atoms with Gasteiger partial charge in [-0.1, -0.05) is 42.5 Å². The zero-order chi connectivity index (χ0) is 17.8. The Morgan fingerprint density at radius 1 is 0.880 bits per heavy atom. The lowest BCUT2D eigenvalue weighted by Gasteiger charge is -2.12. The van der Waals surface area contributed by atoms with Crippen molar-refractivity contribution >= 4 is 23.1 Å². The molecule has 4 nitrogen and oxygen atoms in total. The van der Waals surface area contributed by atoms with Crippen molar-refractivity contribution in [3.8, 4) is 11.1 Å². The van der Waals surface area contributed by atoms with E-state index in [4.69, 9.17) is 5.73 Å². The van der Waals surface area contributed by atoms with Crippen LogP contribution < -0.4 is 11.1 Å². The van der Waals surface area contributed by atoms with Crippen LogP contribution in [0.25, 0.3) is 11.1 Å². The van der Waals surface area contributed by atoms with Crippen molar-refractivity contribution in [3.63, 3.8) is 0 Å². The maximum Gasteiger partial charge on any atom is 0.256 e. The molecule has 0 aliphatic heterocycles. The molecule has 0 atom stereocenters. The summed E-state index contributed by atoms with van der Waals surface area (Å²) in [6.45, 7) is 1.49. The van der Waals surface area contributed by atoms with Crippen LogP contribution in [0.1, 0.15) is 27.6 Å². The Kier molecular flexibility index (Phi) is 4.61. The van der Waals surface area contributed by atoms with Gasteiger partial charge in [0.1, 0.15) is 0 Å². The predicted octanol–water partition coefficient (Wildman–Crippen LogP) is 4.39. The Hall–Kier alpha value is -3.40. The highest BCUT2D eigenvalue weighted by molar-refractivity contribution is 6.10. The topological polar surface area (TPSA) is 72.2 Å². The van der Waals surface area contributed by atoms with Gasteiger partial charge in [0.25, 0.3) is 5.91 Å². The molecule has 0 aliphatic rings. The number of carbonyl (C=O) groups is 2. The van der Waals surface area contributed by atoms with E-state index in [-0.39, 0.29) is 11.7 Å². The number of nitrogens with two attached hydrogens (primary N) is 1. The van der Waals surface area contributed by atoms with Gasteiger partial charge in [-0.25, -0.2) is 0 Å². The summed E-state index contributed by atoms with van der Waals surface area (Å²) in [7, 11) is 0. The number of nitrogen functional groups attached to an aromatic ring is 1. The smallest absolute Gasteiger partial charge is 0.256 e. The summed E-state index contributed by atoms with van der Waals surface area (Å²) in [6.07, 6.45) is 0. The molecule has 0 fully saturated rings. The van der Waals surface area contributed by atoms with E-state index >= 15 is 0 Å². The standard InChI is InChI=1S/C21H18N2O2/c1-14(24)16-7-12-19(15-5-3-2-4-6-15)20(13-16)21(25)23-18-10-8-17(22)9-11-18/h2-13H,22H2,1H3,(H,23,25). The number of anilines is 2. The minimum absolute atomic E-state index is 0.0823. The third kappa shape index (κ3) is 3.75. The molecule has 0 heterocycles. The van der Waals surface area contributed by atoms with Crippen molar-refractivity contribution in [1.82, 2.24) is 0 Å². The van der Waals surface area contributed by atoms with Crippen LogP contribution >= 0.6 is 0 Å². The third-order valence-corrected chi connectivity index (χ3v) is 3.92. The highest BCUT2D eigenvalue weighted by Gasteiger charge is 2.15. The van der Waals surface area contributed by atoms with Gasteiger partial charge in [-0.15, -0.1) is 0 Å². The number of carbonyl (C=O) groups excluding carboxylic acids is 2. The largest absolute Gasteiger partial charge is 0.399 e. The fourth-order valence-electron chi connectivity index (χ4n) is 2.59. The number of ketones is 1. The van der Waals surface area contributed by atoms with E-state index in [1.54, 1.807) is 36.4 Å². The Morgan fingerprint density at radius 2 is 1.56 bits per heavy atom. The van der Waals surface area contributed by atoms with Crippen LogP contribution in [-0.4, -0.2) is 11.7 Å². The molecule has 4 heteroatoms. The number of hydrogen-bond acceptors (Lipinski definition) is 3. The Balaban J connectivity index is 2.02. The van der Waals surface area contributed by atoms with Gasteiger partial charge in [-0.2, -0.15) is 0 Å². The molecule has 3 rings (SSSR count). The number of hydrogen-bond donors (Lipinski definition) is 2. The molecule has 1 amide bonds. The van der Waals surface area contributed by atoms with Crippen LogP contribution in [0, 0.1) is 0 Å². The van der Waals surface area contributed by atoms with Crippen LogP contribution in [0.3, 0.4) is 0 Å². The van der Waals surface area contributed by atoms with Crippen LogP contribution in [0.5, 0.6) is 0 Å². The SMILES string of the molecule is CC(=O)c1ccc(-c2ccccc2)c(C(=O)Nc2ccc(N)cc2)c1. The fraction of sp³-hybridized carbons (Fsp3) is 0.0476. The molecule has 3 N–H and O–H groups in total. The number of rotatable bonds is 4. The molecular formula is C21H18N2O2. The second-order valence-corrected chi connectivity index (χ2v) is 5.76. The number of nitrogens with one attached hydrogen (secondary N) is 1. The van der Waals surface area contributed by atoms with E-state index in [9.17, 15) is 9.59 Å². The summed E-state index contributed by atoms with van der Waals surface area (Å²) in [6, 6.07) is 21.7. The Morgan fingerprint density at radius 3 is 2.20 bits per heavy atom. The van der Waals surface area contributed by atoms with Crippen LogP contribution in [0.2, 0.25) is 0 Å². The third-order valence-electron chi connectivity index (χ3n) is 3.92. The molecule has 0 bridgehead atoms. The molecule has 124 valence electrons. The van der Waals surface area contributed by atoms with Gasteiger partial charge in [0.2, 0.25) is 0 Å². The number of benzene rings is 3. The molecule has 0 unspecified atom stereocenters. The van der Waals surface area contributed by atoms with Gasteiger partial charge in [0.05, 0.1) is 0 Å². The van der Waals surface area contributed by atoms with Crippen molar-refractivity contribution in [2.45, 2.75) is 6.92 Å². The van der Waals surface area contributed by atoms with Gasteiger partial charge in [-0.3, -0.25) is 9.59 Å². The first kappa shape index (κ1) is 16.5. The number of amides is 1. The molecule has 3 aromatic carbocycles. The van der Waals surface area contributed by atoms with E-state index in [1.807, 2.05) is 36.4 Å². The number of Topliss-reactive ketones (excluding diaryl/α,β-unsaturated/α-hetero) is 1. The monoisotopic (exact) mass is 330 g/mol. The molecule has 3 aromatic rings. The van der Waals surface area contributed by atoms with Gasteiger partial charge in [0.15, 0.2) is 5.78 Å². The average molecular weight is 330 g/mol. The van der Waals surface area contributed by atoms with Crippen LogP contribution in [-0.2, 0) is 0 Å². The summed E-state index contributed by atoms with van der Waals surface area (Å²) >= 11 is 0. The summed E-state index contributed by atoms with van der Waals surface area (Å²) in [5.74, 6) is -0.354. The zero-order valence-corrected chi connectivity index (χ0v) is 13.8. The minimum Gasteiger partial charge on any atom is -0.399 e. The first-order valence-electron chi connectivity index (χ1n) is 7.92.